The van der Waals surface area contributed by atoms with Crippen LogP contribution in [0.4, 0.5) is 0 Å². The molecule has 0 N–H and O–H groups in total. The zero-order valence-electron chi connectivity index (χ0n) is 11.9. The molecule has 0 saturated heterocycles. The fourth-order valence-corrected chi connectivity index (χ4v) is 1.72. The number of rotatable bonds is 2. The average Bonchev–Trinajstić information content (AvgIpc) is 2.49. The number of fused-ring (bicyclic) bond motifs is 1. The van der Waals surface area contributed by atoms with E-state index in [0.717, 1.165) is 22.3 Å². The van der Waals surface area contributed by atoms with Gasteiger partial charge in [-0.3, -0.25) is 4.98 Å². The average molecular weight is 267 g/mol. The lowest BCUT2D eigenvalue weighted by molar-refractivity contribution is 0.461. The molecule has 0 fully saturated rings. The summed E-state index contributed by atoms with van der Waals surface area (Å²) in [6, 6.07) is 11.5. The minimum Gasteiger partial charge on any atom is -0.439 e. The SMILES string of the molecule is CC.Cc1cc(Oc2ccc3cccnc3c2)ncn1. The topological polar surface area (TPSA) is 47.9 Å². The smallest absolute Gasteiger partial charge is 0.222 e. The lowest BCUT2D eigenvalue weighted by atomic mass is 10.2. The van der Waals surface area contributed by atoms with Crippen LogP contribution in [0.3, 0.4) is 0 Å². The van der Waals surface area contributed by atoms with E-state index in [-0.39, 0.29) is 0 Å². The van der Waals surface area contributed by atoms with Crippen molar-refractivity contribution < 1.29 is 4.74 Å². The van der Waals surface area contributed by atoms with Gasteiger partial charge in [0, 0.05) is 29.4 Å². The first-order valence-corrected chi connectivity index (χ1v) is 6.62. The van der Waals surface area contributed by atoms with Crippen LogP contribution >= 0.6 is 0 Å². The van der Waals surface area contributed by atoms with Crippen LogP contribution in [-0.2, 0) is 0 Å². The monoisotopic (exact) mass is 267 g/mol. The van der Waals surface area contributed by atoms with E-state index in [4.69, 9.17) is 4.74 Å². The molecule has 3 aromatic rings. The molecule has 0 radical (unpaired) electrons. The van der Waals surface area contributed by atoms with E-state index in [0.29, 0.717) is 5.88 Å². The van der Waals surface area contributed by atoms with Gasteiger partial charge in [0.05, 0.1) is 5.52 Å². The fourth-order valence-electron chi connectivity index (χ4n) is 1.72. The third-order valence-electron chi connectivity index (χ3n) is 2.58. The van der Waals surface area contributed by atoms with Crippen LogP contribution in [-0.4, -0.2) is 15.0 Å². The van der Waals surface area contributed by atoms with Crippen molar-refractivity contribution >= 4 is 10.9 Å². The Morgan fingerprint density at radius 3 is 2.60 bits per heavy atom. The highest BCUT2D eigenvalue weighted by Gasteiger charge is 2.01. The summed E-state index contributed by atoms with van der Waals surface area (Å²) in [6.07, 6.45) is 3.25. The third kappa shape index (κ3) is 3.29. The van der Waals surface area contributed by atoms with Gasteiger partial charge in [-0.05, 0) is 25.1 Å². The number of hydrogen-bond donors (Lipinski definition) is 0. The molecule has 0 spiro atoms. The van der Waals surface area contributed by atoms with Crippen LogP contribution in [0.15, 0.2) is 48.9 Å². The highest BCUT2D eigenvalue weighted by molar-refractivity contribution is 5.79. The Hall–Kier alpha value is -2.49. The van der Waals surface area contributed by atoms with Crippen molar-refractivity contribution in [3.63, 3.8) is 0 Å². The summed E-state index contributed by atoms with van der Waals surface area (Å²) in [6.45, 7) is 5.90. The molecule has 20 heavy (non-hydrogen) atoms. The van der Waals surface area contributed by atoms with Crippen molar-refractivity contribution in [1.82, 2.24) is 15.0 Å². The standard InChI is InChI=1S/C14H11N3O.C2H6/c1-10-7-14(17-9-16-10)18-12-5-4-11-3-2-6-15-13(11)8-12;1-2/h2-9H,1H3;1-2H3. The molecule has 2 heterocycles. The molecule has 4 heteroatoms. The Morgan fingerprint density at radius 2 is 1.80 bits per heavy atom. The quantitative estimate of drug-likeness (QED) is 0.699. The number of benzene rings is 1. The summed E-state index contributed by atoms with van der Waals surface area (Å²) < 4.78 is 5.68. The predicted molar refractivity (Wildman–Crippen MR) is 79.9 cm³/mol. The lowest BCUT2D eigenvalue weighted by Crippen LogP contribution is -1.90. The van der Waals surface area contributed by atoms with Crippen LogP contribution in [0.5, 0.6) is 11.6 Å². The Balaban J connectivity index is 0.000000704. The number of aryl methyl sites for hydroxylation is 1. The highest BCUT2D eigenvalue weighted by Crippen LogP contribution is 2.23. The molecular weight excluding hydrogens is 250 g/mol. The van der Waals surface area contributed by atoms with Gasteiger partial charge in [-0.25, -0.2) is 9.97 Å². The van der Waals surface area contributed by atoms with Gasteiger partial charge in [0.25, 0.3) is 0 Å². The molecule has 0 atom stereocenters. The Morgan fingerprint density at radius 1 is 0.950 bits per heavy atom. The summed E-state index contributed by atoms with van der Waals surface area (Å²) >= 11 is 0. The summed E-state index contributed by atoms with van der Waals surface area (Å²) in [4.78, 5) is 12.4. The largest absolute Gasteiger partial charge is 0.439 e. The molecule has 0 amide bonds. The van der Waals surface area contributed by atoms with Crippen molar-refractivity contribution in [2.45, 2.75) is 20.8 Å². The Labute approximate surface area is 118 Å². The van der Waals surface area contributed by atoms with Gasteiger partial charge in [0.15, 0.2) is 0 Å². The molecule has 0 saturated carbocycles. The van der Waals surface area contributed by atoms with Gasteiger partial charge < -0.3 is 4.74 Å². The second-order valence-corrected chi connectivity index (χ2v) is 3.96. The summed E-state index contributed by atoms with van der Waals surface area (Å²) in [5, 5.41) is 1.09. The number of aromatic nitrogens is 3. The third-order valence-corrected chi connectivity index (χ3v) is 2.58. The van der Waals surface area contributed by atoms with Gasteiger partial charge in [0.2, 0.25) is 5.88 Å². The van der Waals surface area contributed by atoms with Crippen molar-refractivity contribution in [3.05, 3.63) is 54.6 Å². The van der Waals surface area contributed by atoms with E-state index < -0.39 is 0 Å². The van der Waals surface area contributed by atoms with Gasteiger partial charge in [-0.1, -0.05) is 19.9 Å². The maximum absolute atomic E-state index is 5.68. The van der Waals surface area contributed by atoms with Gasteiger partial charge >= 0.3 is 0 Å². The fraction of sp³-hybridized carbons (Fsp3) is 0.188. The van der Waals surface area contributed by atoms with E-state index in [1.807, 2.05) is 51.1 Å². The van der Waals surface area contributed by atoms with E-state index in [2.05, 4.69) is 15.0 Å². The molecule has 2 aromatic heterocycles. The minimum absolute atomic E-state index is 0.540. The summed E-state index contributed by atoms with van der Waals surface area (Å²) in [5.41, 5.74) is 1.78. The molecule has 0 unspecified atom stereocenters. The molecule has 102 valence electrons. The number of hydrogen-bond acceptors (Lipinski definition) is 4. The molecule has 3 rings (SSSR count). The molecule has 1 aromatic carbocycles. The Bertz CT molecular complexity index is 698. The molecule has 0 aliphatic carbocycles. The second-order valence-electron chi connectivity index (χ2n) is 3.96. The molecule has 0 aliphatic heterocycles. The van der Waals surface area contributed by atoms with Gasteiger partial charge in [-0.15, -0.1) is 0 Å². The zero-order valence-corrected chi connectivity index (χ0v) is 11.9. The summed E-state index contributed by atoms with van der Waals surface area (Å²) in [7, 11) is 0. The van der Waals surface area contributed by atoms with Crippen molar-refractivity contribution in [2.24, 2.45) is 0 Å². The van der Waals surface area contributed by atoms with Gasteiger partial charge in [0.1, 0.15) is 12.1 Å². The predicted octanol–water partition coefficient (Wildman–Crippen LogP) is 4.15. The van der Waals surface area contributed by atoms with Crippen LogP contribution in [0.2, 0.25) is 0 Å². The number of nitrogens with zero attached hydrogens (tertiary/aromatic N) is 3. The molecule has 0 bridgehead atoms. The van der Waals surface area contributed by atoms with Crippen molar-refractivity contribution in [2.75, 3.05) is 0 Å². The van der Waals surface area contributed by atoms with E-state index in [1.54, 1.807) is 12.3 Å². The number of pyridine rings is 1. The van der Waals surface area contributed by atoms with Crippen molar-refractivity contribution in [3.8, 4) is 11.6 Å². The van der Waals surface area contributed by atoms with Gasteiger partial charge in [-0.2, -0.15) is 0 Å². The van der Waals surface area contributed by atoms with Crippen LogP contribution in [0.1, 0.15) is 19.5 Å². The highest BCUT2D eigenvalue weighted by atomic mass is 16.5. The molecule has 4 nitrogen and oxygen atoms in total. The maximum Gasteiger partial charge on any atom is 0.222 e. The Kier molecular flexibility index (Phi) is 4.60. The molecular formula is C16H17N3O. The zero-order chi connectivity index (χ0) is 14.4. The first kappa shape index (κ1) is 13.9. The maximum atomic E-state index is 5.68. The number of ether oxygens (including phenoxy) is 1. The second kappa shape index (κ2) is 6.61. The van der Waals surface area contributed by atoms with E-state index in [9.17, 15) is 0 Å². The normalized spacial score (nSPS) is 9.75. The van der Waals surface area contributed by atoms with Crippen molar-refractivity contribution in [1.29, 1.82) is 0 Å². The summed E-state index contributed by atoms with van der Waals surface area (Å²) in [5.74, 6) is 1.26. The van der Waals surface area contributed by atoms with Crippen LogP contribution in [0.25, 0.3) is 10.9 Å². The first-order valence-electron chi connectivity index (χ1n) is 6.62. The minimum atomic E-state index is 0.540. The van der Waals surface area contributed by atoms with E-state index in [1.165, 1.54) is 6.33 Å². The lowest BCUT2D eigenvalue weighted by Gasteiger charge is -2.05. The van der Waals surface area contributed by atoms with Crippen LogP contribution in [0, 0.1) is 6.92 Å². The molecule has 0 aliphatic rings. The van der Waals surface area contributed by atoms with E-state index >= 15 is 0 Å². The first-order chi connectivity index (χ1) is 9.81. The van der Waals surface area contributed by atoms with Crippen LogP contribution < -0.4 is 4.74 Å².